The molecule has 0 aliphatic rings. The number of hydrogen-bond acceptors (Lipinski definition) is 7. The maximum Gasteiger partial charge on any atom is 0.298 e. The number of aryl methyl sites for hydroxylation is 3. The van der Waals surface area contributed by atoms with Crippen LogP contribution in [0.15, 0.2) is 79.4 Å². The molecule has 39 heavy (non-hydrogen) atoms. The molecule has 0 atom stereocenters. The summed E-state index contributed by atoms with van der Waals surface area (Å²) in [6, 6.07) is 20.8. The van der Waals surface area contributed by atoms with Crippen molar-refractivity contribution in [2.45, 2.75) is 33.6 Å². The van der Waals surface area contributed by atoms with Crippen LogP contribution >= 0.6 is 0 Å². The van der Waals surface area contributed by atoms with Crippen molar-refractivity contribution in [1.82, 2.24) is 0 Å². The molecule has 0 aliphatic heterocycles. The minimum absolute atomic E-state index is 0.404. The van der Waals surface area contributed by atoms with E-state index in [1.807, 2.05) is 6.92 Å². The van der Waals surface area contributed by atoms with Crippen molar-refractivity contribution in [3.05, 3.63) is 102 Å². The van der Waals surface area contributed by atoms with E-state index in [9.17, 15) is 9.59 Å². The summed E-state index contributed by atoms with van der Waals surface area (Å²) in [4.78, 5) is 29.4. The standard InChI is InChI=1S/C12H16O3.C9H10O3.C8H10.C3H4O/c1-14-8-2-3-9-15-12-6-4-11(10-13)5-7-12;1-7-5-8(12-6-10)3-4-9(7)11-2;1-7-3-5-8(2)6-4-7;1-2-3-4/h4-7,10H,2-3,8-9H2,1H3;3-6H,1-2H3;3-6H,1-2H3;2-3H,1H2. The fraction of sp³-hybridized carbons (Fsp3) is 0.281. The largest absolute Gasteiger partial charge is 0.496 e. The zero-order valence-electron chi connectivity index (χ0n) is 23.6. The second kappa shape index (κ2) is 22.9. The minimum atomic E-state index is 0.404. The zero-order valence-corrected chi connectivity index (χ0v) is 23.6. The number of carbonyl (C=O) groups excluding carboxylic acids is 3. The average Bonchev–Trinajstić information content (AvgIpc) is 2.96. The van der Waals surface area contributed by atoms with Crippen molar-refractivity contribution in [2.24, 2.45) is 0 Å². The van der Waals surface area contributed by atoms with E-state index in [0.29, 0.717) is 30.7 Å². The summed E-state index contributed by atoms with van der Waals surface area (Å²) < 4.78 is 20.1. The molecule has 0 unspecified atom stereocenters. The maximum atomic E-state index is 10.4. The average molecular weight is 537 g/mol. The van der Waals surface area contributed by atoms with Gasteiger partial charge in [-0.25, -0.2) is 0 Å². The number of carbonyl (C=O) groups is 3. The number of ether oxygens (including phenoxy) is 4. The van der Waals surface area contributed by atoms with Gasteiger partial charge >= 0.3 is 0 Å². The van der Waals surface area contributed by atoms with Gasteiger partial charge in [-0.2, -0.15) is 0 Å². The van der Waals surface area contributed by atoms with Gasteiger partial charge in [0.1, 0.15) is 29.8 Å². The third-order valence-electron chi connectivity index (χ3n) is 4.89. The van der Waals surface area contributed by atoms with Crippen LogP contribution in [0, 0.1) is 20.8 Å². The number of hydrogen-bond donors (Lipinski definition) is 0. The Morgan fingerprint density at radius 3 is 1.72 bits per heavy atom. The van der Waals surface area contributed by atoms with E-state index >= 15 is 0 Å². The highest BCUT2D eigenvalue weighted by Crippen LogP contribution is 2.22. The summed E-state index contributed by atoms with van der Waals surface area (Å²) in [6.07, 6.45) is 4.63. The highest BCUT2D eigenvalue weighted by atomic mass is 16.5. The lowest BCUT2D eigenvalue weighted by atomic mass is 10.2. The van der Waals surface area contributed by atoms with Crippen LogP contribution in [0.5, 0.6) is 17.2 Å². The smallest absolute Gasteiger partial charge is 0.298 e. The monoisotopic (exact) mass is 536 g/mol. The first-order valence-corrected chi connectivity index (χ1v) is 12.4. The van der Waals surface area contributed by atoms with Crippen molar-refractivity contribution in [1.29, 1.82) is 0 Å². The fourth-order valence-corrected chi connectivity index (χ4v) is 2.80. The molecule has 210 valence electrons. The summed E-state index contributed by atoms with van der Waals surface area (Å²) in [5.74, 6) is 2.12. The van der Waals surface area contributed by atoms with Crippen molar-refractivity contribution in [3.63, 3.8) is 0 Å². The van der Waals surface area contributed by atoms with Crippen LogP contribution in [0.2, 0.25) is 0 Å². The van der Waals surface area contributed by atoms with Gasteiger partial charge < -0.3 is 18.9 Å². The number of unbranched alkanes of at least 4 members (excludes halogenated alkanes) is 1. The van der Waals surface area contributed by atoms with Crippen molar-refractivity contribution < 1.29 is 33.3 Å². The van der Waals surface area contributed by atoms with E-state index in [1.165, 1.54) is 17.2 Å². The van der Waals surface area contributed by atoms with Gasteiger partial charge in [0, 0.05) is 19.3 Å². The molecule has 0 N–H and O–H groups in total. The third-order valence-corrected chi connectivity index (χ3v) is 4.89. The first kappa shape index (κ1) is 34.8. The van der Waals surface area contributed by atoms with Crippen LogP contribution in [-0.2, 0) is 14.3 Å². The van der Waals surface area contributed by atoms with Crippen LogP contribution in [0.4, 0.5) is 0 Å². The van der Waals surface area contributed by atoms with E-state index in [4.69, 9.17) is 19.0 Å². The Labute approximate surface area is 232 Å². The molecule has 7 nitrogen and oxygen atoms in total. The molecule has 0 amide bonds. The van der Waals surface area contributed by atoms with E-state index in [-0.39, 0.29) is 0 Å². The van der Waals surface area contributed by atoms with Crippen LogP contribution in [-0.4, -0.2) is 46.5 Å². The van der Waals surface area contributed by atoms with Crippen molar-refractivity contribution in [2.75, 3.05) is 27.4 Å². The Kier molecular flexibility index (Phi) is 20.4. The minimum Gasteiger partial charge on any atom is -0.496 e. The van der Waals surface area contributed by atoms with Crippen LogP contribution < -0.4 is 14.2 Å². The summed E-state index contributed by atoms with van der Waals surface area (Å²) in [5, 5.41) is 0. The van der Waals surface area contributed by atoms with Gasteiger partial charge in [0.05, 0.1) is 13.7 Å². The predicted molar refractivity (Wildman–Crippen MR) is 155 cm³/mol. The number of methoxy groups -OCH3 is 2. The highest BCUT2D eigenvalue weighted by molar-refractivity contribution is 5.74. The number of aldehydes is 2. The molecular weight excluding hydrogens is 496 g/mol. The Morgan fingerprint density at radius 1 is 0.744 bits per heavy atom. The Hall–Kier alpha value is -4.23. The molecule has 0 bridgehead atoms. The molecule has 0 aliphatic carbocycles. The summed E-state index contributed by atoms with van der Waals surface area (Å²) in [7, 11) is 3.29. The van der Waals surface area contributed by atoms with Crippen LogP contribution in [0.25, 0.3) is 0 Å². The molecule has 0 fully saturated rings. The molecule has 3 aromatic rings. The second-order valence-electron chi connectivity index (χ2n) is 8.11. The van der Waals surface area contributed by atoms with Gasteiger partial charge in [0.15, 0.2) is 0 Å². The highest BCUT2D eigenvalue weighted by Gasteiger charge is 1.99. The zero-order chi connectivity index (χ0) is 29.3. The third kappa shape index (κ3) is 17.8. The molecule has 0 heterocycles. The first-order chi connectivity index (χ1) is 18.8. The van der Waals surface area contributed by atoms with Gasteiger partial charge in [-0.05, 0) is 87.7 Å². The van der Waals surface area contributed by atoms with Crippen molar-refractivity contribution >= 4 is 19.0 Å². The Balaban J connectivity index is 0.000000537. The van der Waals surface area contributed by atoms with E-state index in [1.54, 1.807) is 56.7 Å². The van der Waals surface area contributed by atoms with Gasteiger partial charge in [-0.15, -0.1) is 0 Å². The number of benzene rings is 3. The number of allylic oxidation sites excluding steroid dienone is 1. The van der Waals surface area contributed by atoms with Gasteiger partial charge in [0.25, 0.3) is 6.47 Å². The normalized spacial score (nSPS) is 9.05. The summed E-state index contributed by atoms with van der Waals surface area (Å²) in [5.41, 5.74) is 4.27. The second-order valence-corrected chi connectivity index (χ2v) is 8.11. The van der Waals surface area contributed by atoms with E-state index in [2.05, 4.69) is 49.4 Å². The quantitative estimate of drug-likeness (QED) is 0.157. The molecule has 0 spiro atoms. The molecular formula is C32H40O7. The van der Waals surface area contributed by atoms with Gasteiger partial charge in [-0.1, -0.05) is 42.0 Å². The van der Waals surface area contributed by atoms with Gasteiger partial charge in [0.2, 0.25) is 0 Å². The fourth-order valence-electron chi connectivity index (χ4n) is 2.80. The van der Waals surface area contributed by atoms with Gasteiger partial charge in [-0.3, -0.25) is 14.4 Å². The summed E-state index contributed by atoms with van der Waals surface area (Å²) >= 11 is 0. The lowest BCUT2D eigenvalue weighted by Crippen LogP contribution is -1.99. The van der Waals surface area contributed by atoms with E-state index in [0.717, 1.165) is 42.8 Å². The molecule has 0 radical (unpaired) electrons. The topological polar surface area (TPSA) is 88.1 Å². The molecule has 7 heteroatoms. The summed E-state index contributed by atoms with van der Waals surface area (Å²) in [6.45, 7) is 11.0. The van der Waals surface area contributed by atoms with Crippen LogP contribution in [0.3, 0.4) is 0 Å². The molecule has 3 aromatic carbocycles. The SMILES string of the molecule is C=CC=O.COCCCCOc1ccc(C=O)cc1.COc1ccc(OC=O)cc1C.Cc1ccc(C)cc1. The molecule has 0 saturated carbocycles. The Bertz CT molecular complexity index is 1050. The first-order valence-electron chi connectivity index (χ1n) is 12.4. The molecule has 0 saturated heterocycles. The van der Waals surface area contributed by atoms with Crippen molar-refractivity contribution in [3.8, 4) is 17.2 Å². The molecule has 3 rings (SSSR count). The number of rotatable bonds is 11. The Morgan fingerprint density at radius 2 is 1.28 bits per heavy atom. The predicted octanol–water partition coefficient (Wildman–Crippen LogP) is 6.52. The van der Waals surface area contributed by atoms with E-state index < -0.39 is 0 Å². The lowest BCUT2D eigenvalue weighted by molar-refractivity contribution is -0.120. The van der Waals surface area contributed by atoms with Crippen LogP contribution in [0.1, 0.15) is 39.9 Å². The maximum absolute atomic E-state index is 10.4. The molecule has 0 aromatic heterocycles. The lowest BCUT2D eigenvalue weighted by Gasteiger charge is -2.05.